The highest BCUT2D eigenvalue weighted by Gasteiger charge is 2.45. The molecule has 0 aromatic heterocycles. The molecular formula is C25H37N3O3. The van der Waals surface area contributed by atoms with Crippen LogP contribution in [0, 0.1) is 11.8 Å². The summed E-state index contributed by atoms with van der Waals surface area (Å²) >= 11 is 0. The molecule has 0 N–H and O–H groups in total. The number of methoxy groups -OCH3 is 1. The number of hydrogen-bond donors (Lipinski definition) is 0. The number of ether oxygens (including phenoxy) is 1. The van der Waals surface area contributed by atoms with Crippen LogP contribution in [0.2, 0.25) is 0 Å². The second kappa shape index (κ2) is 10.1. The Morgan fingerprint density at radius 3 is 2.68 bits per heavy atom. The van der Waals surface area contributed by atoms with Crippen LogP contribution >= 0.6 is 0 Å². The molecule has 3 aliphatic heterocycles. The fourth-order valence-electron chi connectivity index (χ4n) is 6.00. The van der Waals surface area contributed by atoms with Crippen LogP contribution in [-0.2, 0) is 14.3 Å². The molecule has 3 heterocycles. The Morgan fingerprint density at radius 2 is 1.90 bits per heavy atom. The average Bonchev–Trinajstić information content (AvgIpc) is 3.11. The second-order valence-electron chi connectivity index (χ2n) is 9.45. The van der Waals surface area contributed by atoms with Gasteiger partial charge in [-0.25, -0.2) is 0 Å². The minimum Gasteiger partial charge on any atom is -0.383 e. The fraction of sp³-hybridized carbons (Fsp3) is 0.680. The molecule has 0 unspecified atom stereocenters. The molecule has 6 heteroatoms. The molecule has 6 nitrogen and oxygen atoms in total. The Kier molecular flexibility index (Phi) is 7.28. The normalized spacial score (nSPS) is 29.1. The lowest BCUT2D eigenvalue weighted by atomic mass is 9.83. The summed E-state index contributed by atoms with van der Waals surface area (Å²) in [5.41, 5.74) is 1.04. The van der Waals surface area contributed by atoms with E-state index in [1.54, 1.807) is 12.0 Å². The van der Waals surface area contributed by atoms with Crippen molar-refractivity contribution in [2.75, 3.05) is 46.9 Å². The topological polar surface area (TPSA) is 53.1 Å². The summed E-state index contributed by atoms with van der Waals surface area (Å²) in [7, 11) is 3.51. The van der Waals surface area contributed by atoms with Crippen LogP contribution in [-0.4, -0.2) is 79.5 Å². The van der Waals surface area contributed by atoms with Crippen molar-refractivity contribution in [3.05, 3.63) is 35.9 Å². The van der Waals surface area contributed by atoms with Crippen LogP contribution in [0.15, 0.2) is 30.3 Å². The van der Waals surface area contributed by atoms with E-state index in [0.717, 1.165) is 12.1 Å². The number of rotatable bonds is 7. The first-order valence-corrected chi connectivity index (χ1v) is 11.9. The highest BCUT2D eigenvalue weighted by Crippen LogP contribution is 2.39. The van der Waals surface area contributed by atoms with Crippen LogP contribution in [0.1, 0.15) is 50.1 Å². The van der Waals surface area contributed by atoms with Gasteiger partial charge in [-0.05, 0) is 50.3 Å². The zero-order valence-electron chi connectivity index (χ0n) is 19.0. The highest BCUT2D eigenvalue weighted by atomic mass is 16.5. The van der Waals surface area contributed by atoms with Crippen LogP contribution in [0.4, 0.5) is 0 Å². The van der Waals surface area contributed by atoms with Gasteiger partial charge >= 0.3 is 0 Å². The Balaban J connectivity index is 1.53. The van der Waals surface area contributed by atoms with Crippen LogP contribution in [0.25, 0.3) is 0 Å². The van der Waals surface area contributed by atoms with Crippen LogP contribution in [0.3, 0.4) is 0 Å². The summed E-state index contributed by atoms with van der Waals surface area (Å²) in [5.74, 6) is 0.342. The number of nitrogens with zero attached hydrogens (tertiary/aromatic N) is 3. The van der Waals surface area contributed by atoms with E-state index >= 15 is 0 Å². The van der Waals surface area contributed by atoms with Crippen molar-refractivity contribution in [1.82, 2.24) is 14.7 Å². The van der Waals surface area contributed by atoms with E-state index in [0.29, 0.717) is 31.5 Å². The van der Waals surface area contributed by atoms with Gasteiger partial charge in [-0.15, -0.1) is 0 Å². The standard InChI is InChI=1S/C25H37N3O3/c1-26-23(29)17-21(24(26)19-9-4-3-5-10-19)25(30)28(15-16-31-2)18-20-11-8-14-27-13-7-6-12-22(20)27/h3-5,9-10,20-22,24H,6-8,11-18H2,1-2H3/t20-,21+,22+,24+/m0/s1. The maximum Gasteiger partial charge on any atom is 0.228 e. The molecule has 31 heavy (non-hydrogen) atoms. The summed E-state index contributed by atoms with van der Waals surface area (Å²) in [5, 5.41) is 0. The first-order chi connectivity index (χ1) is 15.1. The third-order valence-electron chi connectivity index (χ3n) is 7.61. The number of amides is 2. The molecule has 0 saturated carbocycles. The molecule has 1 aromatic rings. The quantitative estimate of drug-likeness (QED) is 0.671. The summed E-state index contributed by atoms with van der Waals surface area (Å²) in [6.07, 6.45) is 6.52. The van der Waals surface area contributed by atoms with Crippen molar-refractivity contribution in [2.24, 2.45) is 11.8 Å². The van der Waals surface area contributed by atoms with Gasteiger partial charge in [0.05, 0.1) is 18.6 Å². The van der Waals surface area contributed by atoms with E-state index in [1.165, 1.54) is 45.2 Å². The third kappa shape index (κ3) is 4.80. The molecule has 0 spiro atoms. The van der Waals surface area contributed by atoms with Crippen molar-refractivity contribution in [2.45, 2.75) is 50.6 Å². The van der Waals surface area contributed by atoms with Gasteiger partial charge in [0.25, 0.3) is 0 Å². The lowest BCUT2D eigenvalue weighted by Gasteiger charge is -2.46. The lowest BCUT2D eigenvalue weighted by molar-refractivity contribution is -0.138. The van der Waals surface area contributed by atoms with Crippen LogP contribution in [0.5, 0.6) is 0 Å². The average molecular weight is 428 g/mol. The number of fused-ring (bicyclic) bond motifs is 1. The van der Waals surface area contributed by atoms with Crippen molar-refractivity contribution >= 4 is 11.8 Å². The maximum absolute atomic E-state index is 13.8. The summed E-state index contributed by atoms with van der Waals surface area (Å²) < 4.78 is 5.35. The largest absolute Gasteiger partial charge is 0.383 e. The van der Waals surface area contributed by atoms with Gasteiger partial charge in [-0.1, -0.05) is 36.8 Å². The van der Waals surface area contributed by atoms with Gasteiger partial charge in [0.15, 0.2) is 0 Å². The fourth-order valence-corrected chi connectivity index (χ4v) is 6.00. The predicted molar refractivity (Wildman–Crippen MR) is 120 cm³/mol. The van der Waals surface area contributed by atoms with Gasteiger partial charge in [-0.3, -0.25) is 9.59 Å². The van der Waals surface area contributed by atoms with E-state index in [-0.39, 0.29) is 23.8 Å². The summed E-state index contributed by atoms with van der Waals surface area (Å²) in [4.78, 5) is 32.9. The van der Waals surface area contributed by atoms with E-state index in [4.69, 9.17) is 4.74 Å². The molecule has 4 rings (SSSR count). The first-order valence-electron chi connectivity index (χ1n) is 11.9. The zero-order valence-corrected chi connectivity index (χ0v) is 19.0. The molecule has 3 aliphatic rings. The van der Waals surface area contributed by atoms with Gasteiger partial charge in [0.1, 0.15) is 0 Å². The number of carbonyl (C=O) groups excluding carboxylic acids is 2. The Labute approximate surface area is 186 Å². The molecule has 3 saturated heterocycles. The molecular weight excluding hydrogens is 390 g/mol. The zero-order chi connectivity index (χ0) is 21.8. The van der Waals surface area contributed by atoms with Crippen molar-refractivity contribution in [3.8, 4) is 0 Å². The van der Waals surface area contributed by atoms with Crippen LogP contribution < -0.4 is 0 Å². The van der Waals surface area contributed by atoms with E-state index in [1.807, 2.05) is 42.3 Å². The number of likely N-dealkylation sites (tertiary alicyclic amines) is 1. The molecule has 0 radical (unpaired) electrons. The monoisotopic (exact) mass is 427 g/mol. The van der Waals surface area contributed by atoms with E-state index < -0.39 is 0 Å². The number of benzene rings is 1. The Morgan fingerprint density at radius 1 is 1.13 bits per heavy atom. The van der Waals surface area contributed by atoms with E-state index in [2.05, 4.69) is 4.90 Å². The van der Waals surface area contributed by atoms with Crippen molar-refractivity contribution < 1.29 is 14.3 Å². The molecule has 4 atom stereocenters. The van der Waals surface area contributed by atoms with E-state index in [9.17, 15) is 9.59 Å². The predicted octanol–water partition coefficient (Wildman–Crippen LogP) is 2.95. The number of carbonyl (C=O) groups is 2. The SMILES string of the molecule is COCCN(C[C@@H]1CCCN2CCCC[C@H]12)C(=O)[C@@H]1CC(=O)N(C)[C@@H]1c1ccccc1. The highest BCUT2D eigenvalue weighted by molar-refractivity contribution is 5.90. The smallest absolute Gasteiger partial charge is 0.228 e. The minimum absolute atomic E-state index is 0.0509. The molecule has 1 aromatic carbocycles. The molecule has 0 aliphatic carbocycles. The van der Waals surface area contributed by atoms with Gasteiger partial charge in [-0.2, -0.15) is 0 Å². The summed E-state index contributed by atoms with van der Waals surface area (Å²) in [6, 6.07) is 10.4. The van der Waals surface area contributed by atoms with Gasteiger partial charge in [0, 0.05) is 39.7 Å². The maximum atomic E-state index is 13.8. The van der Waals surface area contributed by atoms with Gasteiger partial charge in [0.2, 0.25) is 11.8 Å². The van der Waals surface area contributed by atoms with Crippen molar-refractivity contribution in [3.63, 3.8) is 0 Å². The Hall–Kier alpha value is -1.92. The minimum atomic E-state index is -0.331. The van der Waals surface area contributed by atoms with Crippen molar-refractivity contribution in [1.29, 1.82) is 0 Å². The second-order valence-corrected chi connectivity index (χ2v) is 9.45. The lowest BCUT2D eigenvalue weighted by Crippen LogP contribution is -2.52. The summed E-state index contributed by atoms with van der Waals surface area (Å²) in [6.45, 7) is 4.30. The molecule has 2 amide bonds. The first kappa shape index (κ1) is 22.3. The molecule has 0 bridgehead atoms. The molecule has 170 valence electrons. The third-order valence-corrected chi connectivity index (χ3v) is 7.61. The molecule has 3 fully saturated rings. The Bertz CT molecular complexity index is 754. The number of piperidine rings is 2. The number of hydrogen-bond acceptors (Lipinski definition) is 4. The van der Waals surface area contributed by atoms with Gasteiger partial charge < -0.3 is 19.4 Å².